The van der Waals surface area contributed by atoms with Gasteiger partial charge in [-0.15, -0.1) is 0 Å². The second kappa shape index (κ2) is 6.02. The van der Waals surface area contributed by atoms with Gasteiger partial charge in [-0.2, -0.15) is 10.2 Å². The number of benzene rings is 2. The second-order valence-corrected chi connectivity index (χ2v) is 5.19. The molecule has 0 radical (unpaired) electrons. The van der Waals surface area contributed by atoms with Crippen LogP contribution in [0.3, 0.4) is 0 Å². The number of methoxy groups -OCH3 is 2. The molecule has 0 N–H and O–H groups in total. The van der Waals surface area contributed by atoms with Crippen LogP contribution in [0.15, 0.2) is 46.6 Å². The lowest BCUT2D eigenvalue weighted by Crippen LogP contribution is -2.08. The maximum absolute atomic E-state index is 5.40. The molecule has 0 aliphatic carbocycles. The lowest BCUT2D eigenvalue weighted by Gasteiger charge is -2.13. The average molecular weight is 294 g/mol. The Hall–Kier alpha value is -2.62. The Morgan fingerprint density at radius 3 is 2.45 bits per heavy atom. The molecule has 4 heteroatoms. The summed E-state index contributed by atoms with van der Waals surface area (Å²) in [6, 6.07) is 12.2. The second-order valence-electron chi connectivity index (χ2n) is 5.19. The molecule has 0 spiro atoms. The van der Waals surface area contributed by atoms with Crippen LogP contribution in [-0.4, -0.2) is 26.1 Å². The fourth-order valence-electron chi connectivity index (χ4n) is 2.63. The number of fused-ring (bicyclic) bond motifs is 1. The Morgan fingerprint density at radius 1 is 1.00 bits per heavy atom. The van der Waals surface area contributed by atoms with E-state index < -0.39 is 0 Å². The fourth-order valence-corrected chi connectivity index (χ4v) is 2.63. The normalized spacial score (nSPS) is 13.1. The SMILES string of the molecule is COc1cc2c(cc1OC)CC(c1ccccc1C)=NN=C2. The number of hydrogen-bond acceptors (Lipinski definition) is 4. The molecule has 4 nitrogen and oxygen atoms in total. The Kier molecular flexibility index (Phi) is 3.92. The largest absolute Gasteiger partial charge is 0.493 e. The molecule has 1 heterocycles. The van der Waals surface area contributed by atoms with Gasteiger partial charge in [0.05, 0.1) is 26.1 Å². The smallest absolute Gasteiger partial charge is 0.161 e. The van der Waals surface area contributed by atoms with E-state index in [1.807, 2.05) is 24.3 Å². The summed E-state index contributed by atoms with van der Waals surface area (Å²) in [7, 11) is 3.28. The molecular formula is C18H18N2O2. The van der Waals surface area contributed by atoms with E-state index in [4.69, 9.17) is 9.47 Å². The predicted octanol–water partition coefficient (Wildman–Crippen LogP) is 3.39. The van der Waals surface area contributed by atoms with E-state index in [9.17, 15) is 0 Å². The van der Waals surface area contributed by atoms with Crippen molar-refractivity contribution >= 4 is 11.9 Å². The molecule has 0 amide bonds. The van der Waals surface area contributed by atoms with E-state index in [0.717, 1.165) is 28.2 Å². The first-order valence-electron chi connectivity index (χ1n) is 7.13. The average Bonchev–Trinajstić information content (AvgIpc) is 2.75. The summed E-state index contributed by atoms with van der Waals surface area (Å²) in [4.78, 5) is 0. The van der Waals surface area contributed by atoms with Gasteiger partial charge in [0.2, 0.25) is 0 Å². The van der Waals surface area contributed by atoms with Crippen molar-refractivity contribution in [3.8, 4) is 11.5 Å². The summed E-state index contributed by atoms with van der Waals surface area (Å²) < 4.78 is 10.7. The molecule has 0 saturated heterocycles. The minimum absolute atomic E-state index is 0.701. The van der Waals surface area contributed by atoms with E-state index in [1.165, 1.54) is 5.56 Å². The van der Waals surface area contributed by atoms with E-state index in [1.54, 1.807) is 20.4 Å². The third-order valence-corrected chi connectivity index (χ3v) is 3.83. The zero-order valence-corrected chi connectivity index (χ0v) is 13.0. The molecule has 2 aromatic carbocycles. The van der Waals surface area contributed by atoms with Crippen LogP contribution in [-0.2, 0) is 6.42 Å². The minimum Gasteiger partial charge on any atom is -0.493 e. The number of nitrogens with zero attached hydrogens (tertiary/aromatic N) is 2. The predicted molar refractivity (Wildman–Crippen MR) is 88.6 cm³/mol. The van der Waals surface area contributed by atoms with Crippen LogP contribution in [0.1, 0.15) is 22.3 Å². The van der Waals surface area contributed by atoms with Crippen LogP contribution in [0.25, 0.3) is 0 Å². The number of ether oxygens (including phenoxy) is 2. The summed E-state index contributed by atoms with van der Waals surface area (Å²) in [6.07, 6.45) is 2.48. The molecule has 1 aliphatic heterocycles. The van der Waals surface area contributed by atoms with Gasteiger partial charge in [-0.3, -0.25) is 0 Å². The van der Waals surface area contributed by atoms with Crippen LogP contribution in [0.4, 0.5) is 0 Å². The molecule has 0 atom stereocenters. The summed E-state index contributed by atoms with van der Waals surface area (Å²) >= 11 is 0. The Labute approximate surface area is 130 Å². The zero-order chi connectivity index (χ0) is 15.5. The summed E-state index contributed by atoms with van der Waals surface area (Å²) in [6.45, 7) is 2.09. The molecule has 0 saturated carbocycles. The van der Waals surface area contributed by atoms with Crippen molar-refractivity contribution in [1.29, 1.82) is 0 Å². The van der Waals surface area contributed by atoms with Crippen molar-refractivity contribution in [2.24, 2.45) is 10.2 Å². The van der Waals surface area contributed by atoms with Gasteiger partial charge >= 0.3 is 0 Å². The number of aryl methyl sites for hydroxylation is 1. The Morgan fingerprint density at radius 2 is 1.73 bits per heavy atom. The van der Waals surface area contributed by atoms with E-state index in [-0.39, 0.29) is 0 Å². The Balaban J connectivity index is 2.04. The highest BCUT2D eigenvalue weighted by atomic mass is 16.5. The molecule has 0 bridgehead atoms. The Bertz CT molecular complexity index is 764. The number of rotatable bonds is 3. The van der Waals surface area contributed by atoms with Crippen molar-refractivity contribution in [3.05, 3.63) is 58.7 Å². The maximum atomic E-state index is 5.40. The topological polar surface area (TPSA) is 43.2 Å². The van der Waals surface area contributed by atoms with Gasteiger partial charge in [0.1, 0.15) is 0 Å². The monoisotopic (exact) mass is 294 g/mol. The van der Waals surface area contributed by atoms with Gasteiger partial charge in [0.15, 0.2) is 11.5 Å². The van der Waals surface area contributed by atoms with Gasteiger partial charge in [0.25, 0.3) is 0 Å². The third kappa shape index (κ3) is 2.60. The molecule has 2 aromatic rings. The quantitative estimate of drug-likeness (QED) is 0.871. The van der Waals surface area contributed by atoms with E-state index >= 15 is 0 Å². The highest BCUT2D eigenvalue weighted by Crippen LogP contribution is 2.31. The van der Waals surface area contributed by atoms with Crippen molar-refractivity contribution in [1.82, 2.24) is 0 Å². The van der Waals surface area contributed by atoms with Crippen LogP contribution in [0.2, 0.25) is 0 Å². The van der Waals surface area contributed by atoms with Gasteiger partial charge in [0, 0.05) is 17.5 Å². The van der Waals surface area contributed by atoms with Crippen molar-refractivity contribution in [3.63, 3.8) is 0 Å². The van der Waals surface area contributed by atoms with Crippen molar-refractivity contribution in [2.75, 3.05) is 14.2 Å². The standard InChI is InChI=1S/C18H18N2O2/c1-12-6-4-5-7-15(12)16-8-13-9-17(21-2)18(22-3)10-14(13)11-19-20-16/h4-7,9-11H,8H2,1-3H3. The highest BCUT2D eigenvalue weighted by Gasteiger charge is 2.16. The van der Waals surface area contributed by atoms with Crippen LogP contribution in [0.5, 0.6) is 11.5 Å². The maximum Gasteiger partial charge on any atom is 0.161 e. The van der Waals surface area contributed by atoms with Crippen LogP contribution >= 0.6 is 0 Å². The molecule has 112 valence electrons. The molecule has 0 unspecified atom stereocenters. The molecule has 0 fully saturated rings. The fraction of sp³-hybridized carbons (Fsp3) is 0.222. The minimum atomic E-state index is 0.701. The lowest BCUT2D eigenvalue weighted by molar-refractivity contribution is 0.354. The summed E-state index contributed by atoms with van der Waals surface area (Å²) in [5.74, 6) is 1.42. The van der Waals surface area contributed by atoms with Crippen LogP contribution < -0.4 is 9.47 Å². The molecular weight excluding hydrogens is 276 g/mol. The molecule has 22 heavy (non-hydrogen) atoms. The molecule has 1 aliphatic rings. The van der Waals surface area contributed by atoms with Crippen molar-refractivity contribution in [2.45, 2.75) is 13.3 Å². The van der Waals surface area contributed by atoms with Gasteiger partial charge < -0.3 is 9.47 Å². The van der Waals surface area contributed by atoms with Crippen molar-refractivity contribution < 1.29 is 9.47 Å². The lowest BCUT2D eigenvalue weighted by atomic mass is 9.96. The molecule has 0 aromatic heterocycles. The third-order valence-electron chi connectivity index (χ3n) is 3.83. The molecule has 3 rings (SSSR count). The first-order valence-corrected chi connectivity index (χ1v) is 7.13. The number of hydrogen-bond donors (Lipinski definition) is 0. The van der Waals surface area contributed by atoms with E-state index in [2.05, 4.69) is 29.3 Å². The van der Waals surface area contributed by atoms with E-state index in [0.29, 0.717) is 12.2 Å². The summed E-state index contributed by atoms with van der Waals surface area (Å²) in [5.41, 5.74) is 5.41. The van der Waals surface area contributed by atoms with Gasteiger partial charge in [-0.05, 0) is 30.2 Å². The summed E-state index contributed by atoms with van der Waals surface area (Å²) in [5, 5.41) is 8.59. The van der Waals surface area contributed by atoms with Gasteiger partial charge in [-0.25, -0.2) is 0 Å². The highest BCUT2D eigenvalue weighted by molar-refractivity contribution is 6.05. The van der Waals surface area contributed by atoms with Crippen LogP contribution in [0, 0.1) is 6.92 Å². The van der Waals surface area contributed by atoms with Gasteiger partial charge in [-0.1, -0.05) is 24.3 Å². The first-order chi connectivity index (χ1) is 10.7. The zero-order valence-electron chi connectivity index (χ0n) is 13.0. The first kappa shape index (κ1) is 14.3.